The number of esters is 2. The zero-order chi connectivity index (χ0) is 23.7. The number of nitrogens with zero attached hydrogens (tertiary/aromatic N) is 1. The first-order chi connectivity index (χ1) is 15.2. The number of aromatic nitrogens is 1. The SMILES string of the molecule is COc1ccnc(C(=O)NC(COC(=O)C(C)Cc2ccccc2)C(=O)OC(C)C)c1O. The standard InChI is InChI=1S/C23H28N2O7/c1-14(2)32-23(29)17(25-21(27)19-20(26)18(30-4)10-11-24-19)13-31-22(28)15(3)12-16-8-6-5-7-9-16/h5-11,14-15,17,26H,12-13H2,1-4H3,(H,25,27). The number of rotatable bonds is 10. The van der Waals surface area contributed by atoms with Crippen molar-refractivity contribution in [2.45, 2.75) is 39.3 Å². The zero-order valence-electron chi connectivity index (χ0n) is 18.5. The number of carbonyl (C=O) groups is 3. The Kier molecular flexibility index (Phi) is 9.00. The molecule has 2 aromatic rings. The minimum Gasteiger partial charge on any atom is -0.503 e. The zero-order valence-corrected chi connectivity index (χ0v) is 18.5. The van der Waals surface area contributed by atoms with Crippen LogP contribution in [0.4, 0.5) is 0 Å². The summed E-state index contributed by atoms with van der Waals surface area (Å²) in [6, 6.07) is 9.54. The van der Waals surface area contributed by atoms with E-state index in [4.69, 9.17) is 14.2 Å². The molecule has 172 valence electrons. The van der Waals surface area contributed by atoms with Gasteiger partial charge in [0.25, 0.3) is 5.91 Å². The van der Waals surface area contributed by atoms with Gasteiger partial charge < -0.3 is 24.6 Å². The van der Waals surface area contributed by atoms with Crippen molar-refractivity contribution < 1.29 is 33.7 Å². The molecule has 0 aliphatic rings. The topological polar surface area (TPSA) is 124 Å². The Balaban J connectivity index is 2.07. The number of ether oxygens (including phenoxy) is 3. The lowest BCUT2D eigenvalue weighted by Gasteiger charge is -2.20. The molecule has 9 heteroatoms. The summed E-state index contributed by atoms with van der Waals surface area (Å²) in [6.45, 7) is 4.59. The third-order valence-electron chi connectivity index (χ3n) is 4.44. The molecule has 1 aromatic heterocycles. The fourth-order valence-corrected chi connectivity index (χ4v) is 2.84. The summed E-state index contributed by atoms with van der Waals surface area (Å²) in [5, 5.41) is 12.5. The number of carbonyl (C=O) groups excluding carboxylic acids is 3. The van der Waals surface area contributed by atoms with E-state index in [9.17, 15) is 19.5 Å². The Bertz CT molecular complexity index is 931. The van der Waals surface area contributed by atoms with Gasteiger partial charge in [-0.2, -0.15) is 0 Å². The van der Waals surface area contributed by atoms with E-state index in [0.717, 1.165) is 5.56 Å². The first-order valence-electron chi connectivity index (χ1n) is 10.2. The third kappa shape index (κ3) is 6.97. The van der Waals surface area contributed by atoms with Crippen molar-refractivity contribution in [1.82, 2.24) is 10.3 Å². The van der Waals surface area contributed by atoms with Gasteiger partial charge in [-0.3, -0.25) is 9.59 Å². The number of hydrogen-bond donors (Lipinski definition) is 2. The number of pyridine rings is 1. The van der Waals surface area contributed by atoms with Gasteiger partial charge in [-0.1, -0.05) is 37.3 Å². The van der Waals surface area contributed by atoms with Gasteiger partial charge in [0, 0.05) is 12.3 Å². The maximum absolute atomic E-state index is 12.6. The van der Waals surface area contributed by atoms with Crippen LogP contribution in [0.2, 0.25) is 0 Å². The number of hydrogen-bond acceptors (Lipinski definition) is 8. The van der Waals surface area contributed by atoms with Gasteiger partial charge in [-0.25, -0.2) is 9.78 Å². The first kappa shape index (κ1) is 24.6. The predicted octanol–water partition coefficient (Wildman–Crippen LogP) is 2.27. The van der Waals surface area contributed by atoms with E-state index in [-0.39, 0.29) is 11.4 Å². The van der Waals surface area contributed by atoms with Gasteiger partial charge in [0.15, 0.2) is 23.2 Å². The van der Waals surface area contributed by atoms with Gasteiger partial charge in [0.1, 0.15) is 6.61 Å². The summed E-state index contributed by atoms with van der Waals surface area (Å²) >= 11 is 0. The monoisotopic (exact) mass is 444 g/mol. The highest BCUT2D eigenvalue weighted by Crippen LogP contribution is 2.27. The predicted molar refractivity (Wildman–Crippen MR) is 115 cm³/mol. The van der Waals surface area contributed by atoms with Crippen molar-refractivity contribution in [1.29, 1.82) is 0 Å². The Hall–Kier alpha value is -3.62. The van der Waals surface area contributed by atoms with Crippen molar-refractivity contribution in [2.75, 3.05) is 13.7 Å². The minimum atomic E-state index is -1.29. The molecule has 2 atom stereocenters. The lowest BCUT2D eigenvalue weighted by atomic mass is 10.0. The number of aromatic hydroxyl groups is 1. The van der Waals surface area contributed by atoms with Crippen LogP contribution in [0.15, 0.2) is 42.6 Å². The van der Waals surface area contributed by atoms with E-state index >= 15 is 0 Å². The lowest BCUT2D eigenvalue weighted by molar-refractivity contribution is -0.156. The molecule has 2 rings (SSSR count). The van der Waals surface area contributed by atoms with Crippen LogP contribution in [0.25, 0.3) is 0 Å². The lowest BCUT2D eigenvalue weighted by Crippen LogP contribution is -2.46. The van der Waals surface area contributed by atoms with Gasteiger partial charge in [0.2, 0.25) is 0 Å². The maximum Gasteiger partial charge on any atom is 0.332 e. The molecule has 1 aromatic carbocycles. The summed E-state index contributed by atoms with van der Waals surface area (Å²) in [7, 11) is 1.33. The normalized spacial score (nSPS) is 12.5. The molecule has 0 bridgehead atoms. The van der Waals surface area contributed by atoms with Gasteiger partial charge in [-0.05, 0) is 25.8 Å². The highest BCUT2D eigenvalue weighted by molar-refractivity contribution is 5.98. The quantitative estimate of drug-likeness (QED) is 0.535. The van der Waals surface area contributed by atoms with Crippen molar-refractivity contribution in [3.63, 3.8) is 0 Å². The molecule has 1 amide bonds. The molecule has 32 heavy (non-hydrogen) atoms. The van der Waals surface area contributed by atoms with Crippen molar-refractivity contribution in [2.24, 2.45) is 5.92 Å². The molecular weight excluding hydrogens is 416 g/mol. The molecule has 1 heterocycles. The highest BCUT2D eigenvalue weighted by atomic mass is 16.6. The molecule has 0 saturated heterocycles. The second-order valence-corrected chi connectivity index (χ2v) is 7.44. The van der Waals surface area contributed by atoms with E-state index in [1.54, 1.807) is 20.8 Å². The number of nitrogens with one attached hydrogen (secondary N) is 1. The Morgan fingerprint density at radius 2 is 1.75 bits per heavy atom. The molecule has 0 radical (unpaired) electrons. The fraction of sp³-hybridized carbons (Fsp3) is 0.391. The van der Waals surface area contributed by atoms with Gasteiger partial charge >= 0.3 is 11.9 Å². The summed E-state index contributed by atoms with van der Waals surface area (Å²) < 4.78 is 15.4. The Morgan fingerprint density at radius 1 is 1.06 bits per heavy atom. The first-order valence-corrected chi connectivity index (χ1v) is 10.2. The molecule has 0 saturated carbocycles. The Labute approximate surface area is 186 Å². The Morgan fingerprint density at radius 3 is 2.38 bits per heavy atom. The van der Waals surface area contributed by atoms with E-state index in [1.165, 1.54) is 19.4 Å². The third-order valence-corrected chi connectivity index (χ3v) is 4.44. The number of amides is 1. The van der Waals surface area contributed by atoms with Crippen molar-refractivity contribution in [3.8, 4) is 11.5 Å². The number of methoxy groups -OCH3 is 1. The van der Waals surface area contributed by atoms with Crippen LogP contribution in [0.5, 0.6) is 11.5 Å². The van der Waals surface area contributed by atoms with Crippen LogP contribution >= 0.6 is 0 Å². The average Bonchev–Trinajstić information content (AvgIpc) is 2.76. The minimum absolute atomic E-state index is 0.0487. The second-order valence-electron chi connectivity index (χ2n) is 7.44. The number of benzene rings is 1. The van der Waals surface area contributed by atoms with E-state index in [0.29, 0.717) is 6.42 Å². The summed E-state index contributed by atoms with van der Waals surface area (Å²) in [5.41, 5.74) is 0.635. The molecule has 9 nitrogen and oxygen atoms in total. The van der Waals surface area contributed by atoms with E-state index < -0.39 is 48.3 Å². The molecular formula is C23H28N2O7. The highest BCUT2D eigenvalue weighted by Gasteiger charge is 2.28. The van der Waals surface area contributed by atoms with Crippen LogP contribution in [0, 0.1) is 5.92 Å². The summed E-state index contributed by atoms with van der Waals surface area (Å²) in [6.07, 6.45) is 1.30. The largest absolute Gasteiger partial charge is 0.503 e. The van der Waals surface area contributed by atoms with Crippen LogP contribution in [-0.4, -0.2) is 53.8 Å². The summed E-state index contributed by atoms with van der Waals surface area (Å²) in [5.74, 6) is -3.03. The van der Waals surface area contributed by atoms with Gasteiger partial charge in [-0.15, -0.1) is 0 Å². The average molecular weight is 444 g/mol. The van der Waals surface area contributed by atoms with Crippen LogP contribution < -0.4 is 10.1 Å². The molecule has 0 spiro atoms. The molecule has 2 N–H and O–H groups in total. The smallest absolute Gasteiger partial charge is 0.332 e. The molecule has 0 fully saturated rings. The molecule has 0 aliphatic heterocycles. The summed E-state index contributed by atoms with van der Waals surface area (Å²) in [4.78, 5) is 41.3. The van der Waals surface area contributed by atoms with Gasteiger partial charge in [0.05, 0.1) is 19.1 Å². The van der Waals surface area contributed by atoms with Crippen LogP contribution in [0.1, 0.15) is 36.8 Å². The van der Waals surface area contributed by atoms with Crippen LogP contribution in [-0.2, 0) is 25.5 Å². The van der Waals surface area contributed by atoms with Crippen molar-refractivity contribution >= 4 is 17.8 Å². The molecule has 2 unspecified atom stereocenters. The second kappa shape index (κ2) is 11.7. The van der Waals surface area contributed by atoms with E-state index in [2.05, 4.69) is 10.3 Å². The van der Waals surface area contributed by atoms with Crippen molar-refractivity contribution in [3.05, 3.63) is 53.9 Å². The molecule has 0 aliphatic carbocycles. The van der Waals surface area contributed by atoms with E-state index in [1.807, 2.05) is 30.3 Å². The maximum atomic E-state index is 12.6. The fourth-order valence-electron chi connectivity index (χ4n) is 2.84. The van der Waals surface area contributed by atoms with Crippen LogP contribution in [0.3, 0.4) is 0 Å².